The Morgan fingerprint density at radius 2 is 2.19 bits per heavy atom. The quantitative estimate of drug-likeness (QED) is 0.810. The molecule has 1 aliphatic heterocycles. The highest BCUT2D eigenvalue weighted by Crippen LogP contribution is 2.27. The van der Waals surface area contributed by atoms with Gasteiger partial charge in [-0.1, -0.05) is 6.07 Å². The molecule has 1 aromatic carbocycles. The Morgan fingerprint density at radius 1 is 1.48 bits per heavy atom. The number of morpholine rings is 1. The number of rotatable bonds is 6. The van der Waals surface area contributed by atoms with E-state index in [1.165, 1.54) is 0 Å². The van der Waals surface area contributed by atoms with Gasteiger partial charge < -0.3 is 25.2 Å². The number of carboxylic acid groups (broad SMARTS) is 1. The van der Waals surface area contributed by atoms with Crippen LogP contribution in [0.1, 0.15) is 12.5 Å². The molecule has 6 heteroatoms. The molecule has 0 saturated carbocycles. The molecule has 0 amide bonds. The van der Waals surface area contributed by atoms with Crippen molar-refractivity contribution in [2.45, 2.75) is 19.4 Å². The number of hydrogen-bond donors (Lipinski definition) is 2. The van der Waals surface area contributed by atoms with Crippen molar-refractivity contribution in [1.82, 2.24) is 0 Å². The Balaban J connectivity index is 2.19. The lowest BCUT2D eigenvalue weighted by molar-refractivity contribution is -0.138. The van der Waals surface area contributed by atoms with Crippen LogP contribution in [-0.4, -0.2) is 50.0 Å². The van der Waals surface area contributed by atoms with E-state index >= 15 is 0 Å². The van der Waals surface area contributed by atoms with Gasteiger partial charge >= 0.3 is 5.97 Å². The van der Waals surface area contributed by atoms with Crippen LogP contribution in [0.2, 0.25) is 0 Å². The lowest BCUT2D eigenvalue weighted by Gasteiger charge is -2.29. The van der Waals surface area contributed by atoms with E-state index in [1.54, 1.807) is 0 Å². The molecule has 1 fully saturated rings. The number of nitrogens with zero attached hydrogens (tertiary/aromatic N) is 1. The van der Waals surface area contributed by atoms with E-state index in [4.69, 9.17) is 20.3 Å². The molecule has 2 rings (SSSR count). The number of ether oxygens (including phenoxy) is 2. The molecule has 0 aliphatic carbocycles. The summed E-state index contributed by atoms with van der Waals surface area (Å²) in [5.74, 6) is -0.298. The van der Waals surface area contributed by atoms with E-state index in [2.05, 4.69) is 4.90 Å². The number of carboxylic acids is 1. The summed E-state index contributed by atoms with van der Waals surface area (Å²) in [4.78, 5) is 13.1. The van der Waals surface area contributed by atoms with Gasteiger partial charge in [0.2, 0.25) is 0 Å². The van der Waals surface area contributed by atoms with E-state index in [-0.39, 0.29) is 6.42 Å². The molecule has 1 aliphatic rings. The summed E-state index contributed by atoms with van der Waals surface area (Å²) in [5.41, 5.74) is 7.50. The minimum atomic E-state index is -1.00. The maximum absolute atomic E-state index is 10.9. The second kappa shape index (κ2) is 7.28. The third kappa shape index (κ3) is 4.09. The van der Waals surface area contributed by atoms with Crippen molar-refractivity contribution in [1.29, 1.82) is 0 Å². The van der Waals surface area contributed by atoms with Gasteiger partial charge in [-0.25, -0.2) is 0 Å². The average molecular weight is 294 g/mol. The molecule has 0 aromatic heterocycles. The van der Waals surface area contributed by atoms with Gasteiger partial charge in [0.15, 0.2) is 0 Å². The van der Waals surface area contributed by atoms with Crippen LogP contribution in [0, 0.1) is 0 Å². The van der Waals surface area contributed by atoms with Crippen LogP contribution < -0.4 is 15.4 Å². The SMILES string of the molecule is CCOc1cc(N2CCOCC2)ccc1CC(N)C(=O)O. The molecular weight excluding hydrogens is 272 g/mol. The third-order valence-electron chi connectivity index (χ3n) is 3.48. The molecule has 1 unspecified atom stereocenters. The summed E-state index contributed by atoms with van der Waals surface area (Å²) in [5, 5.41) is 8.93. The predicted molar refractivity (Wildman–Crippen MR) is 80.0 cm³/mol. The largest absolute Gasteiger partial charge is 0.494 e. The van der Waals surface area contributed by atoms with Crippen molar-refractivity contribution in [2.75, 3.05) is 37.8 Å². The number of benzene rings is 1. The maximum Gasteiger partial charge on any atom is 0.320 e. The monoisotopic (exact) mass is 294 g/mol. The first-order chi connectivity index (χ1) is 10.1. The first-order valence-corrected chi connectivity index (χ1v) is 7.18. The molecule has 0 bridgehead atoms. The highest BCUT2D eigenvalue weighted by atomic mass is 16.5. The number of nitrogens with two attached hydrogens (primary N) is 1. The minimum Gasteiger partial charge on any atom is -0.494 e. The fourth-order valence-corrected chi connectivity index (χ4v) is 2.34. The molecule has 0 spiro atoms. The van der Waals surface area contributed by atoms with Gasteiger partial charge in [0, 0.05) is 31.3 Å². The Labute approximate surface area is 124 Å². The van der Waals surface area contributed by atoms with Gasteiger partial charge in [0.05, 0.1) is 19.8 Å². The molecule has 116 valence electrons. The van der Waals surface area contributed by atoms with Gasteiger partial charge in [-0.3, -0.25) is 4.79 Å². The molecule has 1 aromatic rings. The van der Waals surface area contributed by atoms with E-state index in [9.17, 15) is 4.79 Å². The fraction of sp³-hybridized carbons (Fsp3) is 0.533. The summed E-state index contributed by atoms with van der Waals surface area (Å²) in [6.07, 6.45) is 0.258. The smallest absolute Gasteiger partial charge is 0.320 e. The van der Waals surface area contributed by atoms with Crippen molar-refractivity contribution in [3.8, 4) is 5.75 Å². The third-order valence-corrected chi connectivity index (χ3v) is 3.48. The predicted octanol–water partition coefficient (Wildman–Crippen LogP) is 0.876. The molecule has 3 N–H and O–H groups in total. The van der Waals surface area contributed by atoms with Crippen LogP contribution in [-0.2, 0) is 16.0 Å². The molecule has 0 radical (unpaired) electrons. The van der Waals surface area contributed by atoms with E-state index in [0.29, 0.717) is 12.4 Å². The minimum absolute atomic E-state index is 0.258. The standard InChI is InChI=1S/C15H22N2O4/c1-2-21-14-10-12(17-5-7-20-8-6-17)4-3-11(14)9-13(16)15(18)19/h3-4,10,13H,2,5-9,16H2,1H3,(H,18,19). The van der Waals surface area contributed by atoms with E-state index in [1.807, 2.05) is 25.1 Å². The Morgan fingerprint density at radius 3 is 2.81 bits per heavy atom. The Hall–Kier alpha value is -1.79. The molecule has 6 nitrogen and oxygen atoms in total. The van der Waals surface area contributed by atoms with Gasteiger partial charge in [-0.05, 0) is 18.6 Å². The van der Waals surface area contributed by atoms with Crippen LogP contribution in [0.5, 0.6) is 5.75 Å². The zero-order valence-corrected chi connectivity index (χ0v) is 12.2. The highest BCUT2D eigenvalue weighted by Gasteiger charge is 2.17. The van der Waals surface area contributed by atoms with Crippen molar-refractivity contribution in [3.05, 3.63) is 23.8 Å². The lowest BCUT2D eigenvalue weighted by Crippen LogP contribution is -2.36. The van der Waals surface area contributed by atoms with Crippen LogP contribution in [0.25, 0.3) is 0 Å². The molecule has 1 atom stereocenters. The van der Waals surface area contributed by atoms with Gasteiger partial charge in [-0.15, -0.1) is 0 Å². The maximum atomic E-state index is 10.9. The van der Waals surface area contributed by atoms with Gasteiger partial charge in [-0.2, -0.15) is 0 Å². The van der Waals surface area contributed by atoms with Crippen LogP contribution in [0.4, 0.5) is 5.69 Å². The fourth-order valence-electron chi connectivity index (χ4n) is 2.34. The van der Waals surface area contributed by atoms with E-state index in [0.717, 1.165) is 37.6 Å². The Bertz CT molecular complexity index is 487. The van der Waals surface area contributed by atoms with Crippen molar-refractivity contribution in [3.63, 3.8) is 0 Å². The normalized spacial score (nSPS) is 16.6. The molecular formula is C15H22N2O4. The number of carbonyl (C=O) groups is 1. The summed E-state index contributed by atoms with van der Waals surface area (Å²) in [6.45, 7) is 5.56. The van der Waals surface area contributed by atoms with Crippen LogP contribution in [0.15, 0.2) is 18.2 Å². The summed E-state index contributed by atoms with van der Waals surface area (Å²) in [6, 6.07) is 4.92. The lowest BCUT2D eigenvalue weighted by atomic mass is 10.0. The van der Waals surface area contributed by atoms with Crippen molar-refractivity contribution in [2.24, 2.45) is 5.73 Å². The van der Waals surface area contributed by atoms with Crippen molar-refractivity contribution >= 4 is 11.7 Å². The molecule has 1 heterocycles. The number of hydrogen-bond acceptors (Lipinski definition) is 5. The number of anilines is 1. The van der Waals surface area contributed by atoms with Crippen molar-refractivity contribution < 1.29 is 19.4 Å². The average Bonchev–Trinajstić information content (AvgIpc) is 2.50. The summed E-state index contributed by atoms with van der Waals surface area (Å²) >= 11 is 0. The van der Waals surface area contributed by atoms with Crippen LogP contribution >= 0.6 is 0 Å². The van der Waals surface area contributed by atoms with Gasteiger partial charge in [0.1, 0.15) is 11.8 Å². The summed E-state index contributed by atoms with van der Waals surface area (Å²) in [7, 11) is 0. The second-order valence-electron chi connectivity index (χ2n) is 4.97. The highest BCUT2D eigenvalue weighted by molar-refractivity contribution is 5.73. The van der Waals surface area contributed by atoms with Gasteiger partial charge in [0.25, 0.3) is 0 Å². The molecule has 21 heavy (non-hydrogen) atoms. The first kappa shape index (κ1) is 15.6. The Kier molecular flexibility index (Phi) is 5.41. The topological polar surface area (TPSA) is 85.0 Å². The zero-order valence-electron chi connectivity index (χ0n) is 12.2. The second-order valence-corrected chi connectivity index (χ2v) is 4.97. The van der Waals surface area contributed by atoms with Crippen LogP contribution in [0.3, 0.4) is 0 Å². The van der Waals surface area contributed by atoms with E-state index < -0.39 is 12.0 Å². The molecule has 1 saturated heterocycles. The summed E-state index contributed by atoms with van der Waals surface area (Å²) < 4.78 is 11.0. The first-order valence-electron chi connectivity index (χ1n) is 7.18. The zero-order chi connectivity index (χ0) is 15.2. The number of aliphatic carboxylic acids is 1.